The molecule has 1 aromatic rings. The number of hydrogen-bond acceptors (Lipinski definition) is 2. The molecule has 1 rings (SSSR count). The Labute approximate surface area is 98.0 Å². The van der Waals surface area contributed by atoms with Crippen molar-refractivity contribution in [3.63, 3.8) is 0 Å². The molecule has 0 aromatic carbocycles. The van der Waals surface area contributed by atoms with Gasteiger partial charge in [0.25, 0.3) is 0 Å². The van der Waals surface area contributed by atoms with Crippen molar-refractivity contribution in [1.29, 1.82) is 0 Å². The van der Waals surface area contributed by atoms with Crippen molar-refractivity contribution in [2.24, 2.45) is 5.92 Å². The maximum atomic E-state index is 11.1. The summed E-state index contributed by atoms with van der Waals surface area (Å²) in [5.74, 6) is -1.71. The van der Waals surface area contributed by atoms with E-state index in [0.29, 0.717) is 15.6 Å². The van der Waals surface area contributed by atoms with E-state index in [1.165, 1.54) is 12.4 Å². The van der Waals surface area contributed by atoms with Gasteiger partial charge < -0.3 is 5.11 Å². The van der Waals surface area contributed by atoms with Crippen LogP contribution in [-0.2, 0) is 4.79 Å². The lowest BCUT2D eigenvalue weighted by Crippen LogP contribution is -2.18. The Kier molecular flexibility index (Phi) is 3.94. The van der Waals surface area contributed by atoms with Crippen LogP contribution in [0.25, 0.3) is 0 Å². The smallest absolute Gasteiger partial charge is 0.311 e. The summed E-state index contributed by atoms with van der Waals surface area (Å²) in [6.07, 6.45) is 2.81. The van der Waals surface area contributed by atoms with Crippen LogP contribution < -0.4 is 0 Å². The maximum absolute atomic E-state index is 11.1. The summed E-state index contributed by atoms with van der Waals surface area (Å²) in [5, 5.41) is 9.70. The van der Waals surface area contributed by atoms with Gasteiger partial charge in [-0.1, -0.05) is 37.0 Å². The number of hydrogen-bond donors (Lipinski definition) is 1. The summed E-state index contributed by atoms with van der Waals surface area (Å²) in [6, 6.07) is 0. The first kappa shape index (κ1) is 12.3. The number of carboxylic acid groups (broad SMARTS) is 1. The summed E-state index contributed by atoms with van der Waals surface area (Å²) in [5.41, 5.74) is 0.441. The van der Waals surface area contributed by atoms with Crippen LogP contribution in [-0.4, -0.2) is 16.1 Å². The zero-order valence-electron chi connectivity index (χ0n) is 8.37. The first-order valence-electron chi connectivity index (χ1n) is 4.46. The fourth-order valence-corrected chi connectivity index (χ4v) is 2.06. The Morgan fingerprint density at radius 3 is 2.13 bits per heavy atom. The van der Waals surface area contributed by atoms with Gasteiger partial charge in [-0.05, 0) is 5.92 Å². The molecule has 1 N–H and O–H groups in total. The highest BCUT2D eigenvalue weighted by molar-refractivity contribution is 6.36. The molecule has 3 nitrogen and oxygen atoms in total. The van der Waals surface area contributed by atoms with Gasteiger partial charge in [0.2, 0.25) is 0 Å². The number of carbonyl (C=O) groups is 1. The minimum atomic E-state index is -0.931. The predicted octanol–water partition coefficient (Wildman–Crippen LogP) is 3.21. The molecule has 0 bridgehead atoms. The molecule has 0 fully saturated rings. The summed E-state index contributed by atoms with van der Waals surface area (Å²) >= 11 is 11.8. The van der Waals surface area contributed by atoms with E-state index in [-0.39, 0.29) is 5.92 Å². The number of aromatic nitrogens is 1. The van der Waals surface area contributed by atoms with Gasteiger partial charge in [-0.25, -0.2) is 0 Å². The Morgan fingerprint density at radius 2 is 1.80 bits per heavy atom. The number of aliphatic carboxylic acids is 1. The number of nitrogens with zero attached hydrogens (tertiary/aromatic N) is 1. The Balaban J connectivity index is 3.28. The second-order valence-corrected chi connectivity index (χ2v) is 4.39. The van der Waals surface area contributed by atoms with Crippen LogP contribution in [0.5, 0.6) is 0 Å². The highest BCUT2D eigenvalue weighted by Gasteiger charge is 2.28. The van der Waals surface area contributed by atoms with E-state index >= 15 is 0 Å². The number of carboxylic acids is 1. The normalized spacial score (nSPS) is 12.9. The van der Waals surface area contributed by atoms with Crippen LogP contribution in [0.4, 0.5) is 0 Å². The third-order valence-corrected chi connectivity index (χ3v) is 2.74. The molecule has 0 saturated heterocycles. The number of halogens is 2. The van der Waals surface area contributed by atoms with Gasteiger partial charge >= 0.3 is 5.97 Å². The molecular formula is C10H11Cl2NO2. The SMILES string of the molecule is CC(C)C(C(=O)O)c1c(Cl)cncc1Cl. The van der Waals surface area contributed by atoms with Gasteiger partial charge in [-0.3, -0.25) is 9.78 Å². The van der Waals surface area contributed by atoms with Crippen LogP contribution in [0, 0.1) is 5.92 Å². The molecule has 0 aliphatic rings. The van der Waals surface area contributed by atoms with Gasteiger partial charge in [-0.2, -0.15) is 0 Å². The lowest BCUT2D eigenvalue weighted by Gasteiger charge is -2.18. The van der Waals surface area contributed by atoms with E-state index < -0.39 is 11.9 Å². The predicted molar refractivity (Wildman–Crippen MR) is 59.5 cm³/mol. The first-order chi connectivity index (χ1) is 6.95. The van der Waals surface area contributed by atoms with Crippen molar-refractivity contribution >= 4 is 29.2 Å². The lowest BCUT2D eigenvalue weighted by molar-refractivity contribution is -0.139. The second-order valence-electron chi connectivity index (χ2n) is 3.58. The zero-order chi connectivity index (χ0) is 11.6. The molecule has 0 aliphatic heterocycles. The third-order valence-electron chi connectivity index (χ3n) is 2.13. The number of rotatable bonds is 3. The molecule has 0 saturated carbocycles. The Bertz CT molecular complexity index is 359. The van der Waals surface area contributed by atoms with E-state index in [1.807, 2.05) is 13.8 Å². The molecular weight excluding hydrogens is 237 g/mol. The van der Waals surface area contributed by atoms with Crippen molar-refractivity contribution in [1.82, 2.24) is 4.98 Å². The van der Waals surface area contributed by atoms with Gasteiger partial charge in [0, 0.05) is 18.0 Å². The molecule has 1 aromatic heterocycles. The summed E-state index contributed by atoms with van der Waals surface area (Å²) < 4.78 is 0. The summed E-state index contributed by atoms with van der Waals surface area (Å²) in [4.78, 5) is 14.9. The van der Waals surface area contributed by atoms with Crippen LogP contribution in [0.1, 0.15) is 25.3 Å². The Hall–Kier alpha value is -0.800. The van der Waals surface area contributed by atoms with Crippen LogP contribution in [0.15, 0.2) is 12.4 Å². The number of pyridine rings is 1. The van der Waals surface area contributed by atoms with Crippen molar-refractivity contribution in [3.05, 3.63) is 28.0 Å². The molecule has 5 heteroatoms. The molecule has 15 heavy (non-hydrogen) atoms. The minimum Gasteiger partial charge on any atom is -0.481 e. The highest BCUT2D eigenvalue weighted by Crippen LogP contribution is 2.35. The third kappa shape index (κ3) is 2.61. The van der Waals surface area contributed by atoms with E-state index in [0.717, 1.165) is 0 Å². The molecule has 82 valence electrons. The van der Waals surface area contributed by atoms with E-state index in [1.54, 1.807) is 0 Å². The molecule has 0 aliphatic carbocycles. The zero-order valence-corrected chi connectivity index (χ0v) is 9.88. The van der Waals surface area contributed by atoms with Crippen LogP contribution in [0.2, 0.25) is 10.0 Å². The molecule has 0 amide bonds. The van der Waals surface area contributed by atoms with Crippen molar-refractivity contribution in [2.45, 2.75) is 19.8 Å². The largest absolute Gasteiger partial charge is 0.481 e. The fraction of sp³-hybridized carbons (Fsp3) is 0.400. The van der Waals surface area contributed by atoms with Crippen molar-refractivity contribution in [2.75, 3.05) is 0 Å². The summed E-state index contributed by atoms with van der Waals surface area (Å²) in [6.45, 7) is 3.62. The lowest BCUT2D eigenvalue weighted by atomic mass is 9.89. The molecule has 1 unspecified atom stereocenters. The second kappa shape index (κ2) is 4.81. The van der Waals surface area contributed by atoms with Gasteiger partial charge in [0.1, 0.15) is 0 Å². The van der Waals surface area contributed by atoms with Crippen molar-refractivity contribution in [3.8, 4) is 0 Å². The average Bonchev–Trinajstić information content (AvgIpc) is 2.09. The molecule has 1 heterocycles. The van der Waals surface area contributed by atoms with Gasteiger partial charge in [0.15, 0.2) is 0 Å². The maximum Gasteiger partial charge on any atom is 0.311 e. The molecule has 0 spiro atoms. The van der Waals surface area contributed by atoms with Crippen LogP contribution >= 0.6 is 23.2 Å². The highest BCUT2D eigenvalue weighted by atomic mass is 35.5. The topological polar surface area (TPSA) is 50.2 Å². The van der Waals surface area contributed by atoms with E-state index in [2.05, 4.69) is 4.98 Å². The quantitative estimate of drug-likeness (QED) is 0.893. The van der Waals surface area contributed by atoms with Crippen molar-refractivity contribution < 1.29 is 9.90 Å². The molecule has 1 atom stereocenters. The molecule has 0 radical (unpaired) electrons. The average molecular weight is 248 g/mol. The first-order valence-corrected chi connectivity index (χ1v) is 5.22. The fourth-order valence-electron chi connectivity index (χ4n) is 1.46. The Morgan fingerprint density at radius 1 is 1.33 bits per heavy atom. The summed E-state index contributed by atoms with van der Waals surface area (Å²) in [7, 11) is 0. The van der Waals surface area contributed by atoms with E-state index in [4.69, 9.17) is 28.3 Å². The standard InChI is InChI=1S/C10H11Cl2NO2/c1-5(2)8(10(14)15)9-6(11)3-13-4-7(9)12/h3-5,8H,1-2H3,(H,14,15). The van der Waals surface area contributed by atoms with Crippen LogP contribution in [0.3, 0.4) is 0 Å². The monoisotopic (exact) mass is 247 g/mol. The van der Waals surface area contributed by atoms with Gasteiger partial charge in [0.05, 0.1) is 16.0 Å². The minimum absolute atomic E-state index is 0.0834. The van der Waals surface area contributed by atoms with E-state index in [9.17, 15) is 4.79 Å². The van der Waals surface area contributed by atoms with Gasteiger partial charge in [-0.15, -0.1) is 0 Å².